The highest BCUT2D eigenvalue weighted by Gasteiger charge is 2.38. The van der Waals surface area contributed by atoms with E-state index in [2.05, 4.69) is 37.1 Å². The second-order valence-electron chi connectivity index (χ2n) is 7.42. The van der Waals surface area contributed by atoms with Crippen molar-refractivity contribution in [2.24, 2.45) is 0 Å². The van der Waals surface area contributed by atoms with Crippen LogP contribution in [-0.4, -0.2) is 29.8 Å². The molecule has 136 valence electrons. The van der Waals surface area contributed by atoms with Gasteiger partial charge in [-0.1, -0.05) is 26.8 Å². The van der Waals surface area contributed by atoms with Gasteiger partial charge in [-0.25, -0.2) is 0 Å². The van der Waals surface area contributed by atoms with Gasteiger partial charge in [0.25, 0.3) is 5.78 Å². The smallest absolute Gasteiger partial charge is 0.291 e. The summed E-state index contributed by atoms with van der Waals surface area (Å²) in [7, 11) is 0. The number of nitrogens with zero attached hydrogens (tertiary/aromatic N) is 2. The highest BCUT2D eigenvalue weighted by Crippen LogP contribution is 2.37. The van der Waals surface area contributed by atoms with Crippen LogP contribution in [0.25, 0.3) is 0 Å². The van der Waals surface area contributed by atoms with Gasteiger partial charge in [-0.15, -0.1) is 11.3 Å². The molecule has 4 nitrogen and oxygen atoms in total. The molecule has 0 bridgehead atoms. The summed E-state index contributed by atoms with van der Waals surface area (Å²) in [4.78, 5) is 30.6. The number of Topliss-reactive ketones (excluding diaryl/α,β-unsaturated/α-hetero) is 1. The lowest BCUT2D eigenvalue weighted by atomic mass is 9.98. The van der Waals surface area contributed by atoms with E-state index in [9.17, 15) is 9.59 Å². The number of carbonyl (C=O) groups excluding carboxylic acids is 2. The maximum Gasteiger partial charge on any atom is 0.300 e. The van der Waals surface area contributed by atoms with E-state index in [0.717, 1.165) is 30.6 Å². The van der Waals surface area contributed by atoms with Gasteiger partial charge < -0.3 is 0 Å². The minimum atomic E-state index is -0.396. The number of hydrogen-bond donors (Lipinski definition) is 0. The van der Waals surface area contributed by atoms with Gasteiger partial charge in [0.05, 0.1) is 17.9 Å². The zero-order valence-electron chi connectivity index (χ0n) is 15.5. The molecule has 2 aromatic rings. The molecule has 1 amide bonds. The third-order valence-electron chi connectivity index (χ3n) is 5.58. The Balaban J connectivity index is 1.64. The van der Waals surface area contributed by atoms with Crippen molar-refractivity contribution in [1.82, 2.24) is 4.90 Å². The fourth-order valence-electron chi connectivity index (χ4n) is 4.09. The van der Waals surface area contributed by atoms with Crippen LogP contribution < -0.4 is 4.90 Å². The first-order valence-corrected chi connectivity index (χ1v) is 10.2. The Hall–Kier alpha value is -1.98. The molecule has 0 aliphatic carbocycles. The van der Waals surface area contributed by atoms with Gasteiger partial charge in [0.15, 0.2) is 0 Å². The van der Waals surface area contributed by atoms with Crippen LogP contribution >= 0.6 is 11.3 Å². The molecule has 0 saturated heterocycles. The van der Waals surface area contributed by atoms with E-state index in [1.807, 2.05) is 29.5 Å². The number of thiophene rings is 1. The van der Waals surface area contributed by atoms with Gasteiger partial charge >= 0.3 is 5.91 Å². The monoisotopic (exact) mass is 368 g/mol. The molecule has 5 heteroatoms. The van der Waals surface area contributed by atoms with E-state index in [1.165, 1.54) is 10.4 Å². The van der Waals surface area contributed by atoms with Crippen LogP contribution in [0.1, 0.15) is 65.5 Å². The molecule has 2 aliphatic heterocycles. The van der Waals surface area contributed by atoms with Crippen molar-refractivity contribution in [3.05, 3.63) is 51.2 Å². The largest absolute Gasteiger partial charge is 0.300 e. The van der Waals surface area contributed by atoms with Crippen molar-refractivity contribution in [1.29, 1.82) is 0 Å². The van der Waals surface area contributed by atoms with Crippen LogP contribution in [-0.2, 0) is 11.2 Å². The quantitative estimate of drug-likeness (QED) is 0.753. The first-order chi connectivity index (χ1) is 12.5. The molecule has 1 aromatic carbocycles. The standard InChI is InChI=1S/C21H24N2O2S/c1-4-17-15-8-10-26-19(15)7-9-22(17)12-23-18-6-5-14(13(2)3)11-16(18)20(24)21(23)25/h5-6,8,10-11,13,17H,4,7,9,12H2,1-3H3/t17-/m1/s1. The summed E-state index contributed by atoms with van der Waals surface area (Å²) in [5.74, 6) is -0.434. The maximum absolute atomic E-state index is 12.7. The van der Waals surface area contributed by atoms with Crippen LogP contribution in [0.2, 0.25) is 0 Å². The number of ketones is 1. The van der Waals surface area contributed by atoms with E-state index < -0.39 is 5.91 Å². The Morgan fingerprint density at radius 3 is 2.77 bits per heavy atom. The summed E-state index contributed by atoms with van der Waals surface area (Å²) in [6, 6.07) is 8.39. The van der Waals surface area contributed by atoms with Crippen LogP contribution in [0.5, 0.6) is 0 Å². The van der Waals surface area contributed by atoms with Crippen LogP contribution in [0.4, 0.5) is 5.69 Å². The fourth-order valence-corrected chi connectivity index (χ4v) is 5.02. The number of rotatable bonds is 4. The lowest BCUT2D eigenvalue weighted by molar-refractivity contribution is -0.114. The zero-order chi connectivity index (χ0) is 18.4. The second kappa shape index (κ2) is 6.63. The van der Waals surface area contributed by atoms with Crippen LogP contribution in [0, 0.1) is 0 Å². The Labute approximate surface area is 158 Å². The number of fused-ring (bicyclic) bond motifs is 2. The van der Waals surface area contributed by atoms with Crippen molar-refractivity contribution >= 4 is 28.7 Å². The first-order valence-electron chi connectivity index (χ1n) is 9.31. The molecule has 0 fully saturated rings. The van der Waals surface area contributed by atoms with Crippen molar-refractivity contribution in [2.75, 3.05) is 18.1 Å². The van der Waals surface area contributed by atoms with E-state index in [0.29, 0.717) is 24.2 Å². The summed E-state index contributed by atoms with van der Waals surface area (Å²) >= 11 is 1.82. The highest BCUT2D eigenvalue weighted by molar-refractivity contribution is 7.10. The Morgan fingerprint density at radius 1 is 1.23 bits per heavy atom. The number of carbonyl (C=O) groups is 2. The van der Waals surface area contributed by atoms with E-state index in [1.54, 1.807) is 4.90 Å². The Morgan fingerprint density at radius 2 is 2.04 bits per heavy atom. The Bertz CT molecular complexity index is 871. The topological polar surface area (TPSA) is 40.6 Å². The SMILES string of the molecule is CC[C@@H]1c2ccsc2CCN1CN1C(=O)C(=O)c2cc(C(C)C)ccc21. The summed E-state index contributed by atoms with van der Waals surface area (Å²) < 4.78 is 0. The number of amides is 1. The predicted molar refractivity (Wildman–Crippen MR) is 105 cm³/mol. The molecule has 0 saturated carbocycles. The van der Waals surface area contributed by atoms with E-state index in [4.69, 9.17) is 0 Å². The van der Waals surface area contributed by atoms with Gasteiger partial charge in [0.2, 0.25) is 0 Å². The molecule has 0 unspecified atom stereocenters. The normalized spacial score (nSPS) is 20.0. The highest BCUT2D eigenvalue weighted by atomic mass is 32.1. The van der Waals surface area contributed by atoms with Crippen molar-refractivity contribution in [3.8, 4) is 0 Å². The molecule has 26 heavy (non-hydrogen) atoms. The van der Waals surface area contributed by atoms with E-state index in [-0.39, 0.29) is 5.78 Å². The minimum absolute atomic E-state index is 0.312. The summed E-state index contributed by atoms with van der Waals surface area (Å²) in [6.45, 7) is 7.78. The van der Waals surface area contributed by atoms with Crippen LogP contribution in [0.15, 0.2) is 29.6 Å². The van der Waals surface area contributed by atoms with Gasteiger partial charge in [-0.2, -0.15) is 0 Å². The molecule has 1 atom stereocenters. The molecule has 2 aliphatic rings. The third-order valence-corrected chi connectivity index (χ3v) is 6.57. The van der Waals surface area contributed by atoms with Gasteiger partial charge in [0, 0.05) is 17.5 Å². The molecular formula is C21H24N2O2S. The van der Waals surface area contributed by atoms with Gasteiger partial charge in [-0.3, -0.25) is 19.4 Å². The summed E-state index contributed by atoms with van der Waals surface area (Å²) in [5, 5.41) is 2.16. The average molecular weight is 369 g/mol. The molecular weight excluding hydrogens is 344 g/mol. The fraction of sp³-hybridized carbons (Fsp3) is 0.429. The maximum atomic E-state index is 12.7. The molecule has 0 radical (unpaired) electrons. The predicted octanol–water partition coefficient (Wildman–Crippen LogP) is 4.37. The molecule has 4 rings (SSSR count). The van der Waals surface area contributed by atoms with Crippen LogP contribution in [0.3, 0.4) is 0 Å². The van der Waals surface area contributed by atoms with E-state index >= 15 is 0 Å². The lowest BCUT2D eigenvalue weighted by Gasteiger charge is -2.37. The number of anilines is 1. The zero-order valence-corrected chi connectivity index (χ0v) is 16.3. The van der Waals surface area contributed by atoms with Gasteiger partial charge in [-0.05, 0) is 53.5 Å². The Kier molecular flexibility index (Phi) is 4.45. The minimum Gasteiger partial charge on any atom is -0.291 e. The van der Waals surface area contributed by atoms with Crippen molar-refractivity contribution < 1.29 is 9.59 Å². The molecule has 0 N–H and O–H groups in total. The molecule has 0 spiro atoms. The van der Waals surface area contributed by atoms with Crippen molar-refractivity contribution in [3.63, 3.8) is 0 Å². The average Bonchev–Trinajstić information content (AvgIpc) is 3.20. The summed E-state index contributed by atoms with van der Waals surface area (Å²) in [5.41, 5.74) is 3.80. The second-order valence-corrected chi connectivity index (χ2v) is 8.42. The van der Waals surface area contributed by atoms with Crippen molar-refractivity contribution in [2.45, 2.75) is 45.6 Å². The first kappa shape index (κ1) is 17.4. The number of benzene rings is 1. The van der Waals surface area contributed by atoms with Gasteiger partial charge in [0.1, 0.15) is 0 Å². The molecule has 1 aromatic heterocycles. The lowest BCUT2D eigenvalue weighted by Crippen LogP contribution is -2.45. The summed E-state index contributed by atoms with van der Waals surface area (Å²) in [6.07, 6.45) is 2.01. The number of hydrogen-bond acceptors (Lipinski definition) is 4. The molecule has 3 heterocycles. The third kappa shape index (κ3) is 2.70.